The van der Waals surface area contributed by atoms with Gasteiger partial charge in [0.2, 0.25) is 0 Å². The molecule has 1 spiro atoms. The van der Waals surface area contributed by atoms with Crippen LogP contribution >= 0.6 is 0 Å². The van der Waals surface area contributed by atoms with Crippen LogP contribution in [-0.2, 0) is 10.8 Å². The highest BCUT2D eigenvalue weighted by Gasteiger charge is 2.43. The van der Waals surface area contributed by atoms with Crippen molar-refractivity contribution in [3.05, 3.63) is 48.0 Å². The van der Waals surface area contributed by atoms with Gasteiger partial charge in [-0.05, 0) is 56.5 Å². The van der Waals surface area contributed by atoms with Crippen molar-refractivity contribution >= 4 is 11.4 Å². The molecule has 5 rings (SSSR count). The molecule has 3 saturated heterocycles. The van der Waals surface area contributed by atoms with Gasteiger partial charge in [-0.2, -0.15) is 0 Å². The van der Waals surface area contributed by atoms with Gasteiger partial charge in [-0.15, -0.1) is 0 Å². The topological polar surface area (TPSA) is 56.3 Å². The number of nitrogens with zero attached hydrogens (tertiary/aromatic N) is 4. The van der Waals surface area contributed by atoms with Crippen LogP contribution in [0.1, 0.15) is 64.8 Å². The second kappa shape index (κ2) is 9.70. The summed E-state index contributed by atoms with van der Waals surface area (Å²) in [5, 5.41) is 7.00. The molecule has 3 fully saturated rings. The Hall–Kier alpha value is -2.18. The van der Waals surface area contributed by atoms with Crippen LogP contribution in [0.3, 0.4) is 0 Å². The molecule has 35 heavy (non-hydrogen) atoms. The quantitative estimate of drug-likeness (QED) is 0.627. The van der Waals surface area contributed by atoms with E-state index in [9.17, 15) is 0 Å². The molecular weight excluding hydrogens is 432 g/mol. The van der Waals surface area contributed by atoms with E-state index >= 15 is 0 Å². The molecule has 0 aliphatic carbocycles. The fourth-order valence-electron chi connectivity index (χ4n) is 6.00. The highest BCUT2D eigenvalue weighted by Crippen LogP contribution is 2.40. The molecule has 6 nitrogen and oxygen atoms in total. The Morgan fingerprint density at radius 2 is 1.34 bits per heavy atom. The molecule has 0 radical (unpaired) electrons. The molecule has 190 valence electrons. The van der Waals surface area contributed by atoms with E-state index in [-0.39, 0.29) is 10.8 Å². The Bertz CT molecular complexity index is 961. The molecule has 5 heterocycles. The van der Waals surface area contributed by atoms with Gasteiger partial charge >= 0.3 is 0 Å². The number of hydrogen-bond acceptors (Lipinski definition) is 6. The predicted octanol–water partition coefficient (Wildman–Crippen LogP) is 4.11. The van der Waals surface area contributed by atoms with Crippen molar-refractivity contribution in [2.75, 3.05) is 62.2 Å². The number of piperidine rings is 1. The molecule has 0 aromatic carbocycles. The molecule has 2 N–H and O–H groups in total. The molecule has 0 atom stereocenters. The van der Waals surface area contributed by atoms with Gasteiger partial charge in [0.25, 0.3) is 0 Å². The van der Waals surface area contributed by atoms with Crippen LogP contribution in [0, 0.1) is 5.41 Å². The zero-order valence-corrected chi connectivity index (χ0v) is 22.2. The molecule has 0 unspecified atom stereocenters. The van der Waals surface area contributed by atoms with Crippen LogP contribution in [0.5, 0.6) is 0 Å². The van der Waals surface area contributed by atoms with Gasteiger partial charge in [0.1, 0.15) is 0 Å². The Labute approximate surface area is 211 Å². The fourth-order valence-corrected chi connectivity index (χ4v) is 6.00. The van der Waals surface area contributed by atoms with Crippen LogP contribution in [0.4, 0.5) is 11.4 Å². The minimum absolute atomic E-state index is 0.0270. The van der Waals surface area contributed by atoms with E-state index in [1.165, 1.54) is 61.8 Å². The maximum atomic E-state index is 4.94. The summed E-state index contributed by atoms with van der Waals surface area (Å²) in [6.45, 7) is 18.2. The normalized spacial score (nSPS) is 20.7. The average molecular weight is 477 g/mol. The van der Waals surface area contributed by atoms with E-state index < -0.39 is 0 Å². The summed E-state index contributed by atoms with van der Waals surface area (Å²) in [7, 11) is 0. The monoisotopic (exact) mass is 476 g/mol. The second-order valence-electron chi connectivity index (χ2n) is 12.4. The van der Waals surface area contributed by atoms with E-state index in [0.29, 0.717) is 5.41 Å². The number of nitrogens with one attached hydrogen (secondary N) is 2. The molecular formula is C29H44N6. The lowest BCUT2D eigenvalue weighted by Gasteiger charge is -2.53. The summed E-state index contributed by atoms with van der Waals surface area (Å²) in [4.78, 5) is 14.8. The summed E-state index contributed by atoms with van der Waals surface area (Å²) in [5.41, 5.74) is 5.43. The Morgan fingerprint density at radius 3 is 1.83 bits per heavy atom. The van der Waals surface area contributed by atoms with Gasteiger partial charge in [-0.3, -0.25) is 9.97 Å². The third-order valence-corrected chi connectivity index (χ3v) is 8.72. The van der Waals surface area contributed by atoms with Crippen molar-refractivity contribution in [3.8, 4) is 0 Å². The Balaban J connectivity index is 1.17. The fraction of sp³-hybridized carbons (Fsp3) is 0.655. The third-order valence-electron chi connectivity index (χ3n) is 8.72. The van der Waals surface area contributed by atoms with Crippen molar-refractivity contribution < 1.29 is 0 Å². The van der Waals surface area contributed by atoms with Gasteiger partial charge in [-0.25, -0.2) is 0 Å². The lowest BCUT2D eigenvalue weighted by Crippen LogP contribution is -2.62. The molecule has 3 aliphatic rings. The van der Waals surface area contributed by atoms with E-state index in [2.05, 4.69) is 84.8 Å². The smallest absolute Gasteiger partial charge is 0.0553 e. The van der Waals surface area contributed by atoms with Crippen LogP contribution in [-0.4, -0.2) is 62.3 Å². The minimum Gasteiger partial charge on any atom is -0.369 e. The zero-order valence-electron chi connectivity index (χ0n) is 22.2. The zero-order chi connectivity index (χ0) is 24.5. The minimum atomic E-state index is 0.0270. The number of hydrogen-bond donors (Lipinski definition) is 2. The molecule has 3 aliphatic heterocycles. The number of anilines is 2. The predicted molar refractivity (Wildman–Crippen MR) is 146 cm³/mol. The lowest BCUT2D eigenvalue weighted by atomic mass is 9.73. The summed E-state index contributed by atoms with van der Waals surface area (Å²) in [5.74, 6) is 0. The van der Waals surface area contributed by atoms with Crippen LogP contribution < -0.4 is 20.4 Å². The standard InChI is InChI=1S/C29H44N6/c1-27(2,25-8-6-23(18-32-25)34-16-14-30-15-17-34)11-12-28(3,4)26-9-7-24(19-33-26)35-21-29(22-35)10-5-13-31-20-29/h6-9,18-19,30-31H,5,10-17,20-22H2,1-4H3. The van der Waals surface area contributed by atoms with E-state index in [4.69, 9.17) is 9.97 Å². The lowest BCUT2D eigenvalue weighted by molar-refractivity contribution is 0.157. The summed E-state index contributed by atoms with van der Waals surface area (Å²) >= 11 is 0. The number of rotatable bonds is 7. The van der Waals surface area contributed by atoms with Crippen molar-refractivity contribution in [2.24, 2.45) is 5.41 Å². The van der Waals surface area contributed by atoms with Crippen molar-refractivity contribution in [3.63, 3.8) is 0 Å². The largest absolute Gasteiger partial charge is 0.369 e. The third kappa shape index (κ3) is 5.34. The van der Waals surface area contributed by atoms with Crippen molar-refractivity contribution in [2.45, 2.75) is 64.2 Å². The molecule has 0 saturated carbocycles. The Morgan fingerprint density at radius 1 is 0.771 bits per heavy atom. The number of aromatic nitrogens is 2. The molecule has 2 aromatic heterocycles. The summed E-state index contributed by atoms with van der Waals surface area (Å²) < 4.78 is 0. The van der Waals surface area contributed by atoms with Gasteiger partial charge in [-0.1, -0.05) is 27.7 Å². The first-order valence-electron chi connectivity index (χ1n) is 13.6. The van der Waals surface area contributed by atoms with Gasteiger partial charge < -0.3 is 20.4 Å². The van der Waals surface area contributed by atoms with E-state index in [1.807, 2.05) is 0 Å². The average Bonchev–Trinajstić information content (AvgIpc) is 2.87. The second-order valence-corrected chi connectivity index (χ2v) is 12.4. The van der Waals surface area contributed by atoms with E-state index in [0.717, 1.165) is 39.0 Å². The van der Waals surface area contributed by atoms with Gasteiger partial charge in [0, 0.05) is 73.4 Å². The number of piperazine rings is 1. The SMILES string of the molecule is CC(C)(CCC(C)(C)c1ccc(N2CC3(CCCNC3)C2)cn1)c1ccc(N2CCNCC2)cn1. The summed E-state index contributed by atoms with van der Waals surface area (Å²) in [6.07, 6.45) is 8.99. The van der Waals surface area contributed by atoms with Crippen LogP contribution in [0.15, 0.2) is 36.7 Å². The molecule has 0 amide bonds. The summed E-state index contributed by atoms with van der Waals surface area (Å²) in [6, 6.07) is 9.03. The van der Waals surface area contributed by atoms with Crippen molar-refractivity contribution in [1.82, 2.24) is 20.6 Å². The van der Waals surface area contributed by atoms with Crippen LogP contribution in [0.2, 0.25) is 0 Å². The molecule has 2 aromatic rings. The van der Waals surface area contributed by atoms with E-state index in [1.54, 1.807) is 0 Å². The van der Waals surface area contributed by atoms with Gasteiger partial charge in [0.05, 0.1) is 23.8 Å². The first kappa shape index (κ1) is 24.5. The Kier molecular flexibility index (Phi) is 6.79. The molecule has 6 heteroatoms. The van der Waals surface area contributed by atoms with Crippen LogP contribution in [0.25, 0.3) is 0 Å². The van der Waals surface area contributed by atoms with Crippen molar-refractivity contribution in [1.29, 1.82) is 0 Å². The molecule has 0 bridgehead atoms. The number of pyridine rings is 2. The van der Waals surface area contributed by atoms with Gasteiger partial charge in [0.15, 0.2) is 0 Å². The highest BCUT2D eigenvalue weighted by atomic mass is 15.2. The first-order valence-corrected chi connectivity index (χ1v) is 13.6. The highest BCUT2D eigenvalue weighted by molar-refractivity contribution is 5.49. The maximum Gasteiger partial charge on any atom is 0.0553 e. The maximum absolute atomic E-state index is 4.94. The first-order chi connectivity index (χ1) is 16.8.